The second-order valence-corrected chi connectivity index (χ2v) is 12.1. The van der Waals surface area contributed by atoms with Gasteiger partial charge in [-0.05, 0) is 55.5 Å². The van der Waals surface area contributed by atoms with Crippen molar-refractivity contribution < 1.29 is 34.2 Å². The number of aliphatic hydroxyl groups is 1. The van der Waals surface area contributed by atoms with Crippen molar-refractivity contribution >= 4 is 29.0 Å². The van der Waals surface area contributed by atoms with E-state index in [9.17, 15) is 34.2 Å². The van der Waals surface area contributed by atoms with E-state index in [0.717, 1.165) is 5.56 Å². The Kier molecular flexibility index (Phi) is 6.67. The number of nitrogens with zero attached hydrogens (tertiary/aromatic N) is 1. The highest BCUT2D eigenvalue weighted by molar-refractivity contribution is 6.32. The fraction of sp³-hybridized carbons (Fsp3) is 0.593. The van der Waals surface area contributed by atoms with E-state index in [1.54, 1.807) is 20.2 Å². The number of phenols is 1. The molecule has 0 aromatic heterocycles. The van der Waals surface area contributed by atoms with Gasteiger partial charge >= 0.3 is 0 Å². The van der Waals surface area contributed by atoms with Crippen molar-refractivity contribution in [1.82, 2.24) is 10.2 Å². The molecule has 2 saturated carbocycles. The molecule has 10 heteroatoms. The molecule has 0 heterocycles. The van der Waals surface area contributed by atoms with E-state index in [-0.39, 0.29) is 29.6 Å². The van der Waals surface area contributed by atoms with Gasteiger partial charge < -0.3 is 21.3 Å². The number of fused-ring (bicyclic) bond motifs is 3. The zero-order valence-corrected chi connectivity index (χ0v) is 21.8. The minimum atomic E-state index is -2.71. The summed E-state index contributed by atoms with van der Waals surface area (Å²) in [6.07, 6.45) is 0.293. The minimum Gasteiger partial charge on any atom is -0.507 e. The van der Waals surface area contributed by atoms with E-state index in [1.165, 1.54) is 11.0 Å². The third-order valence-electron chi connectivity index (χ3n) is 8.01. The summed E-state index contributed by atoms with van der Waals surface area (Å²) in [6, 6.07) is 2.04. The fourth-order valence-electron chi connectivity index (χ4n) is 6.41. The minimum absolute atomic E-state index is 0.0154. The molecular formula is C27H35N3O7. The molecule has 0 radical (unpaired) electrons. The van der Waals surface area contributed by atoms with Crippen molar-refractivity contribution in [2.75, 3.05) is 20.6 Å². The van der Waals surface area contributed by atoms with Crippen LogP contribution in [0.15, 0.2) is 12.1 Å². The van der Waals surface area contributed by atoms with Crippen LogP contribution in [0.3, 0.4) is 0 Å². The summed E-state index contributed by atoms with van der Waals surface area (Å²) < 4.78 is 0. The second kappa shape index (κ2) is 9.11. The molecule has 4 rings (SSSR count). The third kappa shape index (κ3) is 4.20. The van der Waals surface area contributed by atoms with E-state index in [0.29, 0.717) is 18.7 Å². The average molecular weight is 514 g/mol. The highest BCUT2D eigenvalue weighted by Gasteiger charge is 2.69. The van der Waals surface area contributed by atoms with E-state index >= 15 is 0 Å². The lowest BCUT2D eigenvalue weighted by atomic mass is 9.52. The molecule has 2 fully saturated rings. The predicted molar refractivity (Wildman–Crippen MR) is 133 cm³/mol. The molecule has 37 heavy (non-hydrogen) atoms. The summed E-state index contributed by atoms with van der Waals surface area (Å²) >= 11 is 0. The predicted octanol–water partition coefficient (Wildman–Crippen LogP) is 0.00270. The van der Waals surface area contributed by atoms with E-state index in [4.69, 9.17) is 5.73 Å². The number of carbonyl (C=O) groups is 5. The molecule has 2 unspecified atom stereocenters. The molecular weight excluding hydrogens is 478 g/mol. The van der Waals surface area contributed by atoms with Crippen LogP contribution in [-0.4, -0.2) is 76.4 Å². The van der Waals surface area contributed by atoms with Crippen molar-refractivity contribution in [3.63, 3.8) is 0 Å². The molecule has 5 N–H and O–H groups in total. The molecule has 0 saturated heterocycles. The summed E-state index contributed by atoms with van der Waals surface area (Å²) in [4.78, 5) is 67.4. The second-order valence-electron chi connectivity index (χ2n) is 12.1. The SMILES string of the molecule is CN(C)[C@@H]1C(=O)C(C(N)=O)C(=O)[C@@]2(O)C(=O)C3C(=O)c4c(O)ccc(CNCC(C)(C)C)c4C[C@H]3C[C@@H]12. The smallest absolute Gasteiger partial charge is 0.235 e. The lowest BCUT2D eigenvalue weighted by Gasteiger charge is -2.52. The van der Waals surface area contributed by atoms with Crippen LogP contribution in [0, 0.1) is 29.1 Å². The number of aromatic hydroxyl groups is 1. The standard InChI is InChI=1S/C27H35N3O7/c1-26(2,3)11-29-10-12-6-7-16(31)18-14(12)8-13-9-15-20(30(4)5)22(33)19(25(28)36)24(35)27(15,37)23(34)17(13)21(18)32/h6-7,13,15,17,19-20,29,31,37H,8-11H2,1-5H3,(H2,28,36)/t13-,15-,17?,19?,20-,27-/m0/s1. The van der Waals surface area contributed by atoms with E-state index in [2.05, 4.69) is 26.1 Å². The Morgan fingerprint density at radius 1 is 1.16 bits per heavy atom. The van der Waals surface area contributed by atoms with Gasteiger partial charge in [-0.25, -0.2) is 0 Å². The maximum absolute atomic E-state index is 13.8. The summed E-state index contributed by atoms with van der Waals surface area (Å²) in [6.45, 7) is 7.43. The Balaban J connectivity index is 1.78. The molecule has 1 aromatic rings. The number of amides is 1. The quantitative estimate of drug-likeness (QED) is 0.396. The summed E-state index contributed by atoms with van der Waals surface area (Å²) in [5.74, 6) is -10.3. The molecule has 10 nitrogen and oxygen atoms in total. The first-order valence-corrected chi connectivity index (χ1v) is 12.5. The summed E-state index contributed by atoms with van der Waals surface area (Å²) in [5.41, 5.74) is 4.10. The van der Waals surface area contributed by atoms with Gasteiger partial charge in [0, 0.05) is 19.0 Å². The Bertz CT molecular complexity index is 1200. The van der Waals surface area contributed by atoms with Gasteiger partial charge in [0.25, 0.3) is 0 Å². The molecule has 1 amide bonds. The molecule has 3 aliphatic carbocycles. The lowest BCUT2D eigenvalue weighted by Crippen LogP contribution is -2.74. The number of benzene rings is 1. The van der Waals surface area contributed by atoms with Crippen LogP contribution in [0.25, 0.3) is 0 Å². The Morgan fingerprint density at radius 3 is 2.38 bits per heavy atom. The van der Waals surface area contributed by atoms with E-state index in [1.807, 2.05) is 0 Å². The van der Waals surface area contributed by atoms with Crippen LogP contribution in [0.4, 0.5) is 0 Å². The van der Waals surface area contributed by atoms with Gasteiger partial charge in [-0.15, -0.1) is 0 Å². The van der Waals surface area contributed by atoms with Gasteiger partial charge in [-0.1, -0.05) is 26.8 Å². The number of ketones is 4. The molecule has 0 bridgehead atoms. The van der Waals surface area contributed by atoms with Gasteiger partial charge in [0.15, 0.2) is 34.7 Å². The molecule has 0 spiro atoms. The zero-order chi connectivity index (χ0) is 27.6. The van der Waals surface area contributed by atoms with Crippen molar-refractivity contribution in [3.8, 4) is 5.75 Å². The first kappa shape index (κ1) is 27.1. The number of Topliss-reactive ketones (excluding diaryl/α,β-unsaturated/α-hetero) is 4. The number of phenolic OH excluding ortho intramolecular Hbond substituents is 1. The number of rotatable bonds is 5. The number of carbonyl (C=O) groups excluding carboxylic acids is 5. The monoisotopic (exact) mass is 513 g/mol. The Labute approximate surface area is 215 Å². The van der Waals surface area contributed by atoms with Gasteiger partial charge in [-0.3, -0.25) is 28.9 Å². The van der Waals surface area contributed by atoms with Crippen LogP contribution in [0.2, 0.25) is 0 Å². The molecule has 6 atom stereocenters. The van der Waals surface area contributed by atoms with Gasteiger partial charge in [0.05, 0.1) is 17.5 Å². The van der Waals surface area contributed by atoms with Crippen LogP contribution in [-0.2, 0) is 32.1 Å². The van der Waals surface area contributed by atoms with Crippen LogP contribution < -0.4 is 11.1 Å². The van der Waals surface area contributed by atoms with Crippen molar-refractivity contribution in [1.29, 1.82) is 0 Å². The Hall–Kier alpha value is -2.95. The molecule has 1 aromatic carbocycles. The normalized spacial score (nSPS) is 31.7. The maximum atomic E-state index is 13.8. The van der Waals surface area contributed by atoms with Crippen LogP contribution in [0.1, 0.15) is 48.7 Å². The number of hydrogen-bond donors (Lipinski definition) is 4. The van der Waals surface area contributed by atoms with Gasteiger partial charge in [-0.2, -0.15) is 0 Å². The van der Waals surface area contributed by atoms with Gasteiger partial charge in [0.1, 0.15) is 5.75 Å². The molecule has 200 valence electrons. The average Bonchev–Trinajstić information content (AvgIpc) is 2.76. The van der Waals surface area contributed by atoms with E-state index < -0.39 is 64.4 Å². The van der Waals surface area contributed by atoms with Crippen LogP contribution in [0.5, 0.6) is 5.75 Å². The maximum Gasteiger partial charge on any atom is 0.235 e. The molecule has 0 aliphatic heterocycles. The van der Waals surface area contributed by atoms with Gasteiger partial charge in [0.2, 0.25) is 5.91 Å². The highest BCUT2D eigenvalue weighted by atomic mass is 16.3. The number of primary amides is 1. The fourth-order valence-corrected chi connectivity index (χ4v) is 6.41. The largest absolute Gasteiger partial charge is 0.507 e. The number of hydrogen-bond acceptors (Lipinski definition) is 9. The highest BCUT2D eigenvalue weighted by Crippen LogP contribution is 2.51. The van der Waals surface area contributed by atoms with Crippen molar-refractivity contribution in [3.05, 3.63) is 28.8 Å². The first-order valence-electron chi connectivity index (χ1n) is 12.5. The third-order valence-corrected chi connectivity index (χ3v) is 8.01. The lowest BCUT2D eigenvalue weighted by molar-refractivity contribution is -0.181. The van der Waals surface area contributed by atoms with Crippen molar-refractivity contribution in [2.45, 2.75) is 51.8 Å². The number of likely N-dealkylation sites (N-methyl/N-ethyl adjacent to an activating group) is 1. The Morgan fingerprint density at radius 2 is 1.81 bits per heavy atom. The van der Waals surface area contributed by atoms with Crippen LogP contribution >= 0.6 is 0 Å². The zero-order valence-electron chi connectivity index (χ0n) is 21.8. The van der Waals surface area contributed by atoms with Crippen molar-refractivity contribution in [2.24, 2.45) is 34.8 Å². The topological polar surface area (TPSA) is 167 Å². The molecule has 3 aliphatic rings. The first-order chi connectivity index (χ1) is 17.1. The number of nitrogens with one attached hydrogen (secondary N) is 1. The summed E-state index contributed by atoms with van der Waals surface area (Å²) in [7, 11) is 3.12. The summed E-state index contributed by atoms with van der Waals surface area (Å²) in [5, 5.41) is 25.6. The number of nitrogens with two attached hydrogens (primary N) is 1.